The molecule has 3 aromatic rings. The summed E-state index contributed by atoms with van der Waals surface area (Å²) in [6.45, 7) is 7.56. The van der Waals surface area contributed by atoms with Gasteiger partial charge in [-0.05, 0) is 105 Å². The third-order valence-electron chi connectivity index (χ3n) is 6.09. The zero-order valence-electron chi connectivity index (χ0n) is 19.6. The van der Waals surface area contributed by atoms with Crippen LogP contribution in [0.2, 0.25) is 0 Å². The topological polar surface area (TPSA) is 75.7 Å². The van der Waals surface area contributed by atoms with Crippen LogP contribution in [0.1, 0.15) is 29.2 Å². The minimum Gasteiger partial charge on any atom is -0.483 e. The molecular formula is C26H27BrN2O4S. The fraction of sp³-hybridized carbons (Fsp3) is 0.269. The number of carbonyl (C=O) groups is 1. The van der Waals surface area contributed by atoms with Crippen LogP contribution in [-0.2, 0) is 21.2 Å². The van der Waals surface area contributed by atoms with E-state index in [2.05, 4.69) is 20.7 Å². The Morgan fingerprint density at radius 3 is 2.50 bits per heavy atom. The first-order valence-corrected chi connectivity index (χ1v) is 13.3. The maximum absolute atomic E-state index is 13.0. The molecule has 0 spiro atoms. The van der Waals surface area contributed by atoms with Gasteiger partial charge >= 0.3 is 0 Å². The lowest BCUT2D eigenvalue weighted by atomic mass is 10.1. The second kappa shape index (κ2) is 9.43. The molecule has 0 fully saturated rings. The number of benzene rings is 3. The first-order valence-electron chi connectivity index (χ1n) is 11.0. The molecule has 0 bridgehead atoms. The van der Waals surface area contributed by atoms with Gasteiger partial charge in [0.25, 0.3) is 15.9 Å². The second-order valence-corrected chi connectivity index (χ2v) is 11.3. The Kier molecular flexibility index (Phi) is 6.73. The summed E-state index contributed by atoms with van der Waals surface area (Å²) in [5.41, 5.74) is 5.27. The summed E-state index contributed by atoms with van der Waals surface area (Å²) in [7, 11) is -3.76. The standard InChI is InChI=1S/C26H27BrN2O4S/c1-16-5-7-22(11-17(16)2)28-34(31,32)23-8-10-25(18(3)12-23)33-15-26(30)29-19(4)13-20-14-21(27)6-9-24(20)29/h5-12,14,19,28H,13,15H2,1-4H3. The van der Waals surface area contributed by atoms with Gasteiger partial charge in [-0.2, -0.15) is 0 Å². The molecule has 178 valence electrons. The highest BCUT2D eigenvalue weighted by Crippen LogP contribution is 2.34. The summed E-state index contributed by atoms with van der Waals surface area (Å²) in [6, 6.07) is 16.0. The molecule has 1 aliphatic heterocycles. The van der Waals surface area contributed by atoms with Gasteiger partial charge in [-0.15, -0.1) is 0 Å². The highest BCUT2D eigenvalue weighted by molar-refractivity contribution is 9.10. The van der Waals surface area contributed by atoms with Crippen LogP contribution in [0, 0.1) is 20.8 Å². The third-order valence-corrected chi connectivity index (χ3v) is 7.97. The lowest BCUT2D eigenvalue weighted by Gasteiger charge is -2.23. The number of hydrogen-bond acceptors (Lipinski definition) is 4. The number of amides is 1. The van der Waals surface area contributed by atoms with Gasteiger partial charge in [-0.25, -0.2) is 8.42 Å². The Bertz CT molecular complexity index is 1370. The van der Waals surface area contributed by atoms with E-state index in [1.807, 2.05) is 45.0 Å². The van der Waals surface area contributed by atoms with E-state index in [0.29, 0.717) is 17.0 Å². The van der Waals surface area contributed by atoms with Crippen molar-refractivity contribution in [2.24, 2.45) is 0 Å². The SMILES string of the molecule is Cc1ccc(NS(=O)(=O)c2ccc(OCC(=O)N3c4ccc(Br)cc4CC3C)c(C)c2)cc1C. The largest absolute Gasteiger partial charge is 0.483 e. The van der Waals surface area contributed by atoms with E-state index in [0.717, 1.165) is 33.3 Å². The van der Waals surface area contributed by atoms with E-state index in [1.165, 1.54) is 6.07 Å². The number of rotatable bonds is 6. The van der Waals surface area contributed by atoms with Crippen molar-refractivity contribution in [2.75, 3.05) is 16.2 Å². The van der Waals surface area contributed by atoms with Crippen molar-refractivity contribution >= 4 is 43.2 Å². The number of halogens is 1. The van der Waals surface area contributed by atoms with Crippen LogP contribution in [0.15, 0.2) is 64.0 Å². The number of carbonyl (C=O) groups excluding carboxylic acids is 1. The number of ether oxygens (including phenoxy) is 1. The Labute approximate surface area is 209 Å². The smallest absolute Gasteiger partial charge is 0.265 e. The summed E-state index contributed by atoms with van der Waals surface area (Å²) >= 11 is 3.48. The molecular weight excluding hydrogens is 516 g/mol. The molecule has 4 rings (SSSR count). The van der Waals surface area contributed by atoms with Crippen molar-refractivity contribution in [3.05, 3.63) is 81.3 Å². The van der Waals surface area contributed by atoms with Crippen LogP contribution in [0.3, 0.4) is 0 Å². The fourth-order valence-electron chi connectivity index (χ4n) is 4.16. The molecule has 34 heavy (non-hydrogen) atoms. The van der Waals surface area contributed by atoms with Crippen LogP contribution in [0.4, 0.5) is 11.4 Å². The molecule has 6 nitrogen and oxygen atoms in total. The molecule has 0 aliphatic carbocycles. The fourth-order valence-corrected chi connectivity index (χ4v) is 5.70. The van der Waals surface area contributed by atoms with E-state index in [-0.39, 0.29) is 23.5 Å². The van der Waals surface area contributed by atoms with Gasteiger partial charge in [0.05, 0.1) is 4.90 Å². The lowest BCUT2D eigenvalue weighted by molar-refractivity contribution is -0.120. The summed E-state index contributed by atoms with van der Waals surface area (Å²) in [6.07, 6.45) is 0.791. The number of hydrogen-bond donors (Lipinski definition) is 1. The number of aryl methyl sites for hydroxylation is 3. The maximum Gasteiger partial charge on any atom is 0.265 e. The molecule has 0 radical (unpaired) electrons. The van der Waals surface area contributed by atoms with Crippen molar-refractivity contribution < 1.29 is 17.9 Å². The number of nitrogens with one attached hydrogen (secondary N) is 1. The molecule has 0 saturated carbocycles. The van der Waals surface area contributed by atoms with Gasteiger partial charge in [-0.1, -0.05) is 22.0 Å². The monoisotopic (exact) mass is 542 g/mol. The quantitative estimate of drug-likeness (QED) is 0.444. The van der Waals surface area contributed by atoms with Gasteiger partial charge in [-0.3, -0.25) is 9.52 Å². The second-order valence-electron chi connectivity index (χ2n) is 8.71. The van der Waals surface area contributed by atoms with Crippen molar-refractivity contribution in [1.82, 2.24) is 0 Å². The van der Waals surface area contributed by atoms with E-state index in [9.17, 15) is 13.2 Å². The van der Waals surface area contributed by atoms with E-state index < -0.39 is 10.0 Å². The zero-order valence-corrected chi connectivity index (χ0v) is 22.0. The average Bonchev–Trinajstić information content (AvgIpc) is 3.09. The summed E-state index contributed by atoms with van der Waals surface area (Å²) < 4.78 is 35.1. The van der Waals surface area contributed by atoms with Crippen molar-refractivity contribution in [1.29, 1.82) is 0 Å². The molecule has 1 heterocycles. The molecule has 1 aliphatic rings. The minimum absolute atomic E-state index is 0.0468. The minimum atomic E-state index is -3.76. The van der Waals surface area contributed by atoms with Crippen LogP contribution in [0.5, 0.6) is 5.75 Å². The first-order chi connectivity index (χ1) is 16.0. The molecule has 8 heteroatoms. The molecule has 0 saturated heterocycles. The number of anilines is 2. The molecule has 0 aromatic heterocycles. The third kappa shape index (κ3) is 4.98. The molecule has 1 atom stereocenters. The van der Waals surface area contributed by atoms with Crippen molar-refractivity contribution in [3.8, 4) is 5.75 Å². The van der Waals surface area contributed by atoms with Crippen molar-refractivity contribution in [2.45, 2.75) is 45.1 Å². The Balaban J connectivity index is 1.45. The maximum atomic E-state index is 13.0. The van der Waals surface area contributed by atoms with Crippen LogP contribution in [0.25, 0.3) is 0 Å². The number of nitrogens with zero attached hydrogens (tertiary/aromatic N) is 1. The van der Waals surface area contributed by atoms with Gasteiger partial charge in [0.2, 0.25) is 0 Å². The van der Waals surface area contributed by atoms with E-state index >= 15 is 0 Å². The van der Waals surface area contributed by atoms with Crippen LogP contribution in [-0.4, -0.2) is 27.0 Å². The average molecular weight is 543 g/mol. The molecule has 3 aromatic carbocycles. The van der Waals surface area contributed by atoms with E-state index in [4.69, 9.17) is 4.74 Å². The summed E-state index contributed by atoms with van der Waals surface area (Å²) in [4.78, 5) is 14.9. The van der Waals surface area contributed by atoms with Gasteiger partial charge in [0, 0.05) is 21.9 Å². The first kappa shape index (κ1) is 24.3. The highest BCUT2D eigenvalue weighted by atomic mass is 79.9. The van der Waals surface area contributed by atoms with Crippen LogP contribution >= 0.6 is 15.9 Å². The molecule has 1 amide bonds. The zero-order chi connectivity index (χ0) is 24.6. The molecule has 1 unspecified atom stereocenters. The Morgan fingerprint density at radius 1 is 1.03 bits per heavy atom. The summed E-state index contributed by atoms with van der Waals surface area (Å²) in [5.74, 6) is 0.336. The van der Waals surface area contributed by atoms with Crippen molar-refractivity contribution in [3.63, 3.8) is 0 Å². The highest BCUT2D eigenvalue weighted by Gasteiger charge is 2.31. The summed E-state index contributed by atoms with van der Waals surface area (Å²) in [5, 5.41) is 0. The predicted molar refractivity (Wildman–Crippen MR) is 138 cm³/mol. The lowest BCUT2D eigenvalue weighted by Crippen LogP contribution is -2.39. The van der Waals surface area contributed by atoms with Gasteiger partial charge < -0.3 is 9.64 Å². The Hall–Kier alpha value is -2.84. The predicted octanol–water partition coefficient (Wildman–Crippen LogP) is 5.53. The number of fused-ring (bicyclic) bond motifs is 1. The van der Waals surface area contributed by atoms with E-state index in [1.54, 1.807) is 36.1 Å². The van der Waals surface area contributed by atoms with Crippen LogP contribution < -0.4 is 14.4 Å². The normalized spacial score (nSPS) is 15.2. The number of sulfonamides is 1. The molecule has 1 N–H and O–H groups in total. The van der Waals surface area contributed by atoms with Gasteiger partial charge in [0.15, 0.2) is 6.61 Å². The Morgan fingerprint density at radius 2 is 1.79 bits per heavy atom. The van der Waals surface area contributed by atoms with Gasteiger partial charge in [0.1, 0.15) is 5.75 Å².